The summed E-state index contributed by atoms with van der Waals surface area (Å²) in [6, 6.07) is 6.02. The number of rotatable bonds is 8. The largest absolute Gasteiger partial charge is 0.310 e. The summed E-state index contributed by atoms with van der Waals surface area (Å²) in [6.45, 7) is 7.19. The molecule has 1 aromatic rings. The van der Waals surface area contributed by atoms with Crippen LogP contribution in [-0.4, -0.2) is 44.4 Å². The topological polar surface area (TPSA) is 49.4 Å². The lowest BCUT2D eigenvalue weighted by molar-refractivity contribution is 0.488. The van der Waals surface area contributed by atoms with Crippen LogP contribution >= 0.6 is 11.8 Å². The van der Waals surface area contributed by atoms with Crippen LogP contribution in [0, 0.1) is 6.92 Å². The molecule has 21 heavy (non-hydrogen) atoms. The van der Waals surface area contributed by atoms with Gasteiger partial charge in [-0.25, -0.2) is 12.7 Å². The van der Waals surface area contributed by atoms with Crippen LogP contribution in [-0.2, 0) is 16.6 Å². The van der Waals surface area contributed by atoms with Crippen LogP contribution in [0.4, 0.5) is 0 Å². The number of thioether (sulfide) groups is 1. The number of benzene rings is 1. The molecule has 0 fully saturated rings. The molecular formula is C15H26N2O2S2. The third-order valence-corrected chi connectivity index (χ3v) is 5.86. The fourth-order valence-corrected chi connectivity index (χ4v) is 3.88. The maximum atomic E-state index is 12.6. The molecule has 0 unspecified atom stereocenters. The predicted molar refractivity (Wildman–Crippen MR) is 91.4 cm³/mol. The molecule has 0 amide bonds. The Hall–Kier alpha value is -0.560. The molecule has 0 saturated heterocycles. The van der Waals surface area contributed by atoms with Crippen molar-refractivity contribution in [2.45, 2.75) is 38.3 Å². The van der Waals surface area contributed by atoms with E-state index in [1.807, 2.05) is 25.3 Å². The highest BCUT2D eigenvalue weighted by Crippen LogP contribution is 2.21. The molecule has 1 aromatic carbocycles. The first-order chi connectivity index (χ1) is 9.78. The fourth-order valence-electron chi connectivity index (χ4n) is 1.86. The molecule has 6 heteroatoms. The maximum Gasteiger partial charge on any atom is 0.243 e. The van der Waals surface area contributed by atoms with Gasteiger partial charge in [0.15, 0.2) is 0 Å². The van der Waals surface area contributed by atoms with Crippen LogP contribution in [0.25, 0.3) is 0 Å². The van der Waals surface area contributed by atoms with E-state index in [1.54, 1.807) is 24.9 Å². The van der Waals surface area contributed by atoms with E-state index in [4.69, 9.17) is 0 Å². The van der Waals surface area contributed by atoms with E-state index in [9.17, 15) is 8.42 Å². The summed E-state index contributed by atoms with van der Waals surface area (Å²) in [4.78, 5) is 0.411. The molecule has 0 aliphatic carbocycles. The van der Waals surface area contributed by atoms with E-state index in [0.29, 0.717) is 24.0 Å². The van der Waals surface area contributed by atoms with E-state index in [2.05, 4.69) is 19.2 Å². The van der Waals surface area contributed by atoms with Gasteiger partial charge in [0.1, 0.15) is 0 Å². The van der Waals surface area contributed by atoms with Crippen molar-refractivity contribution in [1.29, 1.82) is 0 Å². The normalized spacial score (nSPS) is 12.3. The van der Waals surface area contributed by atoms with Crippen LogP contribution < -0.4 is 5.32 Å². The summed E-state index contributed by atoms with van der Waals surface area (Å²) >= 11 is 1.64. The predicted octanol–water partition coefficient (Wildman–Crippen LogP) is 2.48. The van der Waals surface area contributed by atoms with E-state index in [0.717, 1.165) is 16.9 Å². The molecule has 0 atom stereocenters. The van der Waals surface area contributed by atoms with Crippen LogP contribution in [0.3, 0.4) is 0 Å². The van der Waals surface area contributed by atoms with Crippen molar-refractivity contribution in [1.82, 2.24) is 9.62 Å². The Morgan fingerprint density at radius 1 is 1.33 bits per heavy atom. The molecule has 1 N–H and O–H groups in total. The Labute approximate surface area is 133 Å². The second-order valence-electron chi connectivity index (χ2n) is 5.45. The molecule has 0 aliphatic rings. The Kier molecular flexibility index (Phi) is 7.20. The second kappa shape index (κ2) is 8.17. The zero-order chi connectivity index (χ0) is 16.0. The molecule has 0 heterocycles. The SMILES string of the molecule is CSCCN(C)S(=O)(=O)c1cc(CNC(C)C)ccc1C. The van der Waals surface area contributed by atoms with Crippen molar-refractivity contribution in [2.24, 2.45) is 0 Å². The third-order valence-electron chi connectivity index (χ3n) is 3.27. The summed E-state index contributed by atoms with van der Waals surface area (Å²) in [6.07, 6.45) is 1.98. The molecule has 0 spiro atoms. The van der Waals surface area contributed by atoms with Gasteiger partial charge >= 0.3 is 0 Å². The summed E-state index contributed by atoms with van der Waals surface area (Å²) < 4.78 is 26.7. The lowest BCUT2D eigenvalue weighted by Gasteiger charge is -2.19. The first kappa shape index (κ1) is 18.5. The molecule has 0 radical (unpaired) electrons. The first-order valence-corrected chi connectivity index (χ1v) is 9.90. The minimum Gasteiger partial charge on any atom is -0.310 e. The number of nitrogens with zero attached hydrogens (tertiary/aromatic N) is 1. The van der Waals surface area contributed by atoms with E-state index < -0.39 is 10.0 Å². The van der Waals surface area contributed by atoms with Crippen molar-refractivity contribution in [3.63, 3.8) is 0 Å². The molecular weight excluding hydrogens is 304 g/mol. The number of aryl methyl sites for hydroxylation is 1. The average Bonchev–Trinajstić information content (AvgIpc) is 2.43. The van der Waals surface area contributed by atoms with Gasteiger partial charge in [-0.1, -0.05) is 26.0 Å². The van der Waals surface area contributed by atoms with Gasteiger partial charge in [0.2, 0.25) is 10.0 Å². The molecule has 0 aliphatic heterocycles. The minimum atomic E-state index is -3.41. The highest BCUT2D eigenvalue weighted by Gasteiger charge is 2.22. The summed E-state index contributed by atoms with van der Waals surface area (Å²) in [5.74, 6) is 0.795. The van der Waals surface area contributed by atoms with Gasteiger partial charge < -0.3 is 5.32 Å². The highest BCUT2D eigenvalue weighted by molar-refractivity contribution is 7.98. The van der Waals surface area contributed by atoms with Gasteiger partial charge in [-0.15, -0.1) is 0 Å². The van der Waals surface area contributed by atoms with Crippen molar-refractivity contribution in [3.05, 3.63) is 29.3 Å². The van der Waals surface area contributed by atoms with E-state index in [1.165, 1.54) is 4.31 Å². The molecule has 4 nitrogen and oxygen atoms in total. The molecule has 1 rings (SSSR count). The molecule has 0 bridgehead atoms. The van der Waals surface area contributed by atoms with Gasteiger partial charge in [-0.3, -0.25) is 0 Å². The lowest BCUT2D eigenvalue weighted by atomic mass is 10.1. The maximum absolute atomic E-state index is 12.6. The number of hydrogen-bond donors (Lipinski definition) is 1. The number of nitrogens with one attached hydrogen (secondary N) is 1. The Morgan fingerprint density at radius 2 is 2.00 bits per heavy atom. The Morgan fingerprint density at radius 3 is 2.57 bits per heavy atom. The molecule has 0 aromatic heterocycles. The summed E-state index contributed by atoms with van der Waals surface area (Å²) in [5.41, 5.74) is 1.78. The van der Waals surface area contributed by atoms with Gasteiger partial charge in [-0.05, 0) is 30.4 Å². The average molecular weight is 331 g/mol. The Balaban J connectivity index is 3.02. The van der Waals surface area contributed by atoms with Crippen molar-refractivity contribution in [2.75, 3.05) is 25.6 Å². The van der Waals surface area contributed by atoms with Gasteiger partial charge in [-0.2, -0.15) is 11.8 Å². The zero-order valence-corrected chi connectivity index (χ0v) is 15.1. The second-order valence-corrected chi connectivity index (χ2v) is 8.45. The van der Waals surface area contributed by atoms with Gasteiger partial charge in [0, 0.05) is 31.9 Å². The minimum absolute atomic E-state index is 0.371. The smallest absolute Gasteiger partial charge is 0.243 e. The number of sulfonamides is 1. The van der Waals surface area contributed by atoms with Gasteiger partial charge in [0.25, 0.3) is 0 Å². The van der Waals surface area contributed by atoms with Gasteiger partial charge in [0.05, 0.1) is 4.90 Å². The Bertz CT molecular complexity index is 557. The molecule has 120 valence electrons. The van der Waals surface area contributed by atoms with E-state index >= 15 is 0 Å². The van der Waals surface area contributed by atoms with Crippen molar-refractivity contribution in [3.8, 4) is 0 Å². The summed E-state index contributed by atoms with van der Waals surface area (Å²) in [7, 11) is -1.77. The van der Waals surface area contributed by atoms with Crippen LogP contribution in [0.5, 0.6) is 0 Å². The standard InChI is InChI=1S/C15H26N2O2S2/c1-12(2)16-11-14-7-6-13(3)15(10-14)21(18,19)17(4)8-9-20-5/h6-7,10,12,16H,8-9,11H2,1-5H3. The monoisotopic (exact) mass is 330 g/mol. The lowest BCUT2D eigenvalue weighted by Crippen LogP contribution is -2.30. The van der Waals surface area contributed by atoms with Crippen molar-refractivity contribution >= 4 is 21.8 Å². The quantitative estimate of drug-likeness (QED) is 0.795. The van der Waals surface area contributed by atoms with Crippen LogP contribution in [0.15, 0.2) is 23.1 Å². The summed E-state index contributed by atoms with van der Waals surface area (Å²) in [5, 5.41) is 3.31. The molecule has 0 saturated carbocycles. The van der Waals surface area contributed by atoms with E-state index in [-0.39, 0.29) is 0 Å². The third kappa shape index (κ3) is 5.29. The fraction of sp³-hybridized carbons (Fsp3) is 0.600. The first-order valence-electron chi connectivity index (χ1n) is 7.07. The van der Waals surface area contributed by atoms with Crippen LogP contribution in [0.1, 0.15) is 25.0 Å². The zero-order valence-electron chi connectivity index (χ0n) is 13.5. The van der Waals surface area contributed by atoms with Crippen molar-refractivity contribution < 1.29 is 8.42 Å². The number of hydrogen-bond acceptors (Lipinski definition) is 4. The highest BCUT2D eigenvalue weighted by atomic mass is 32.2. The van der Waals surface area contributed by atoms with Crippen LogP contribution in [0.2, 0.25) is 0 Å².